The van der Waals surface area contributed by atoms with Crippen LogP contribution in [0.15, 0.2) is 52.3 Å². The maximum Gasteiger partial charge on any atom is 0.141 e. The quantitative estimate of drug-likeness (QED) is 0.331. The van der Waals surface area contributed by atoms with E-state index in [1.807, 2.05) is 30.3 Å². The molecular formula is C15H19N3OS. The second kappa shape index (κ2) is 7.07. The van der Waals surface area contributed by atoms with Crippen molar-refractivity contribution in [1.29, 1.82) is 0 Å². The number of rotatable bonds is 6. The third kappa shape index (κ3) is 3.82. The molecule has 5 heteroatoms. The lowest BCUT2D eigenvalue weighted by Crippen LogP contribution is -2.29. The third-order valence-electron chi connectivity index (χ3n) is 3.24. The Kier molecular flexibility index (Phi) is 5.15. The van der Waals surface area contributed by atoms with Crippen LogP contribution >= 0.6 is 11.3 Å². The summed E-state index contributed by atoms with van der Waals surface area (Å²) >= 11 is 1.68. The van der Waals surface area contributed by atoms with E-state index in [1.54, 1.807) is 11.3 Å². The predicted molar refractivity (Wildman–Crippen MR) is 83.1 cm³/mol. The van der Waals surface area contributed by atoms with Crippen LogP contribution in [0.5, 0.6) is 0 Å². The fraction of sp³-hybridized carbons (Fsp3) is 0.267. The fourth-order valence-electron chi connectivity index (χ4n) is 2.13. The van der Waals surface area contributed by atoms with Crippen LogP contribution in [0, 0.1) is 0 Å². The van der Waals surface area contributed by atoms with Crippen LogP contribution in [0.4, 0.5) is 0 Å². The van der Waals surface area contributed by atoms with Gasteiger partial charge in [0.1, 0.15) is 5.84 Å². The van der Waals surface area contributed by atoms with Crippen LogP contribution in [0.2, 0.25) is 0 Å². The highest BCUT2D eigenvalue weighted by molar-refractivity contribution is 7.07. The lowest BCUT2D eigenvalue weighted by atomic mass is 10.0. The molecule has 20 heavy (non-hydrogen) atoms. The number of nitrogens with two attached hydrogens (primary N) is 1. The highest BCUT2D eigenvalue weighted by Gasteiger charge is 2.17. The number of thiophene rings is 1. The largest absolute Gasteiger partial charge is 0.409 e. The Morgan fingerprint density at radius 2 is 2.05 bits per heavy atom. The average molecular weight is 289 g/mol. The number of nitrogens with zero attached hydrogens (tertiary/aromatic N) is 1. The summed E-state index contributed by atoms with van der Waals surface area (Å²) in [5, 5.41) is 19.6. The van der Waals surface area contributed by atoms with Gasteiger partial charge in [0.2, 0.25) is 0 Å². The first-order valence-electron chi connectivity index (χ1n) is 6.50. The fourth-order valence-corrected chi connectivity index (χ4v) is 2.88. The minimum atomic E-state index is 0.0157. The summed E-state index contributed by atoms with van der Waals surface area (Å²) in [7, 11) is 0. The molecule has 1 aromatic heterocycles. The van der Waals surface area contributed by atoms with Crippen molar-refractivity contribution in [2.24, 2.45) is 10.9 Å². The molecule has 2 rings (SSSR count). The highest BCUT2D eigenvalue weighted by Crippen LogP contribution is 2.23. The molecular weight excluding hydrogens is 270 g/mol. The van der Waals surface area contributed by atoms with Gasteiger partial charge in [0.15, 0.2) is 0 Å². The Morgan fingerprint density at radius 3 is 2.65 bits per heavy atom. The van der Waals surface area contributed by atoms with Crippen LogP contribution in [-0.2, 0) is 0 Å². The second-order valence-electron chi connectivity index (χ2n) is 4.70. The maximum absolute atomic E-state index is 8.79. The van der Waals surface area contributed by atoms with Crippen molar-refractivity contribution in [2.45, 2.75) is 25.4 Å². The Bertz CT molecular complexity index is 540. The molecule has 4 N–H and O–H groups in total. The number of oxime groups is 1. The topological polar surface area (TPSA) is 70.6 Å². The van der Waals surface area contributed by atoms with Gasteiger partial charge >= 0.3 is 0 Å². The first kappa shape index (κ1) is 14.6. The molecule has 0 amide bonds. The van der Waals surface area contributed by atoms with Crippen LogP contribution in [0.25, 0.3) is 0 Å². The molecule has 0 aliphatic rings. The minimum Gasteiger partial charge on any atom is -0.409 e. The standard InChI is InChI=1S/C15H19N3OS/c1-11(13-7-8-20-10-13)17-14(9-15(16)18-19)12-5-3-2-4-6-12/h2-8,10-11,14,17,19H,9H2,1H3,(H2,16,18). The number of benzene rings is 1. The molecule has 0 aliphatic heterocycles. The maximum atomic E-state index is 8.79. The van der Waals surface area contributed by atoms with Crippen molar-refractivity contribution in [3.63, 3.8) is 0 Å². The predicted octanol–water partition coefficient (Wildman–Crippen LogP) is 3.28. The molecule has 0 radical (unpaired) electrons. The zero-order valence-corrected chi connectivity index (χ0v) is 12.2. The summed E-state index contributed by atoms with van der Waals surface area (Å²) in [6.45, 7) is 2.12. The zero-order chi connectivity index (χ0) is 14.4. The SMILES string of the molecule is CC(NC(CC(N)=NO)c1ccccc1)c1ccsc1. The van der Waals surface area contributed by atoms with E-state index >= 15 is 0 Å². The van der Waals surface area contributed by atoms with E-state index < -0.39 is 0 Å². The Labute approximate surface area is 122 Å². The monoisotopic (exact) mass is 289 g/mol. The number of hydrogen-bond acceptors (Lipinski definition) is 4. The molecule has 0 fully saturated rings. The van der Waals surface area contributed by atoms with Gasteiger partial charge in [-0.2, -0.15) is 11.3 Å². The number of nitrogens with one attached hydrogen (secondary N) is 1. The van der Waals surface area contributed by atoms with Crippen molar-refractivity contribution in [2.75, 3.05) is 0 Å². The van der Waals surface area contributed by atoms with Crippen molar-refractivity contribution >= 4 is 17.2 Å². The first-order chi connectivity index (χ1) is 9.70. The van der Waals surface area contributed by atoms with Crippen LogP contribution in [0.3, 0.4) is 0 Å². The van der Waals surface area contributed by atoms with E-state index in [9.17, 15) is 0 Å². The molecule has 0 saturated carbocycles. The summed E-state index contributed by atoms with van der Waals surface area (Å²) in [5.74, 6) is 0.226. The van der Waals surface area contributed by atoms with Gasteiger partial charge in [0, 0.05) is 18.5 Å². The van der Waals surface area contributed by atoms with Crippen LogP contribution in [-0.4, -0.2) is 11.0 Å². The summed E-state index contributed by atoms with van der Waals surface area (Å²) in [6.07, 6.45) is 0.467. The van der Waals surface area contributed by atoms with E-state index in [0.717, 1.165) is 5.56 Å². The molecule has 0 aliphatic carbocycles. The molecule has 2 aromatic rings. The van der Waals surface area contributed by atoms with Gasteiger partial charge in [0.05, 0.1) is 0 Å². The Morgan fingerprint density at radius 1 is 1.30 bits per heavy atom. The lowest BCUT2D eigenvalue weighted by molar-refractivity contribution is 0.315. The van der Waals surface area contributed by atoms with Gasteiger partial charge in [0.25, 0.3) is 0 Å². The molecule has 2 unspecified atom stereocenters. The first-order valence-corrected chi connectivity index (χ1v) is 7.44. The van der Waals surface area contributed by atoms with Crippen LogP contribution < -0.4 is 11.1 Å². The van der Waals surface area contributed by atoms with E-state index in [4.69, 9.17) is 10.9 Å². The Balaban J connectivity index is 2.14. The van der Waals surface area contributed by atoms with Crippen molar-refractivity contribution in [3.8, 4) is 0 Å². The number of amidine groups is 1. The van der Waals surface area contributed by atoms with Gasteiger partial charge in [-0.3, -0.25) is 0 Å². The highest BCUT2D eigenvalue weighted by atomic mass is 32.1. The van der Waals surface area contributed by atoms with E-state index in [2.05, 4.69) is 34.2 Å². The van der Waals surface area contributed by atoms with Crippen LogP contribution in [0.1, 0.15) is 36.6 Å². The van der Waals surface area contributed by atoms with E-state index in [-0.39, 0.29) is 17.9 Å². The number of hydrogen-bond donors (Lipinski definition) is 3. The molecule has 1 heterocycles. The van der Waals surface area contributed by atoms with Crippen molar-refractivity contribution in [3.05, 3.63) is 58.3 Å². The van der Waals surface area contributed by atoms with Gasteiger partial charge in [-0.05, 0) is 34.9 Å². The summed E-state index contributed by atoms with van der Waals surface area (Å²) in [4.78, 5) is 0. The normalized spacial score (nSPS) is 14.9. The molecule has 0 bridgehead atoms. The van der Waals surface area contributed by atoms with Gasteiger partial charge in [-0.1, -0.05) is 35.5 Å². The van der Waals surface area contributed by atoms with Crippen molar-refractivity contribution < 1.29 is 5.21 Å². The molecule has 0 saturated heterocycles. The lowest BCUT2D eigenvalue weighted by Gasteiger charge is -2.23. The summed E-state index contributed by atoms with van der Waals surface area (Å²) in [6, 6.07) is 12.4. The smallest absolute Gasteiger partial charge is 0.141 e. The summed E-state index contributed by atoms with van der Waals surface area (Å²) in [5.41, 5.74) is 8.04. The second-order valence-corrected chi connectivity index (χ2v) is 5.48. The summed E-state index contributed by atoms with van der Waals surface area (Å²) < 4.78 is 0. The van der Waals surface area contributed by atoms with E-state index in [1.165, 1.54) is 5.56 Å². The molecule has 0 spiro atoms. The third-order valence-corrected chi connectivity index (χ3v) is 3.94. The molecule has 4 nitrogen and oxygen atoms in total. The van der Waals surface area contributed by atoms with Gasteiger partial charge in [-0.25, -0.2) is 0 Å². The average Bonchev–Trinajstić information content (AvgIpc) is 3.01. The molecule has 1 aromatic carbocycles. The van der Waals surface area contributed by atoms with Gasteiger partial charge in [-0.15, -0.1) is 0 Å². The van der Waals surface area contributed by atoms with Gasteiger partial charge < -0.3 is 16.3 Å². The molecule has 2 atom stereocenters. The van der Waals surface area contributed by atoms with E-state index in [0.29, 0.717) is 6.42 Å². The Hall–Kier alpha value is -1.85. The minimum absolute atomic E-state index is 0.0157. The molecule has 106 valence electrons. The van der Waals surface area contributed by atoms with Crippen molar-refractivity contribution in [1.82, 2.24) is 5.32 Å². The zero-order valence-electron chi connectivity index (χ0n) is 11.4.